The van der Waals surface area contributed by atoms with Crippen molar-refractivity contribution in [3.05, 3.63) is 111 Å². The minimum Gasteiger partial charge on any atom is -0.268 e. The third-order valence-electron chi connectivity index (χ3n) is 7.69. The van der Waals surface area contributed by atoms with Crippen molar-refractivity contribution in [3.63, 3.8) is 0 Å². The normalized spacial score (nSPS) is 15.7. The fraction of sp³-hybridized carbons (Fsp3) is 0.290. The molecule has 0 amide bonds. The summed E-state index contributed by atoms with van der Waals surface area (Å²) < 4.78 is 1.89. The van der Waals surface area contributed by atoms with Crippen molar-refractivity contribution in [1.82, 2.24) is 9.55 Å². The zero-order valence-corrected chi connectivity index (χ0v) is 21.2. The molecule has 1 saturated carbocycles. The molecular formula is C31H30N2OS. The van der Waals surface area contributed by atoms with Gasteiger partial charge >= 0.3 is 0 Å². The number of hydrogen-bond donors (Lipinski definition) is 0. The molecular weight excluding hydrogens is 448 g/mol. The predicted octanol–water partition coefficient (Wildman–Crippen LogP) is 7.18. The van der Waals surface area contributed by atoms with Gasteiger partial charge in [0.05, 0.1) is 16.9 Å². The Morgan fingerprint density at radius 2 is 1.69 bits per heavy atom. The van der Waals surface area contributed by atoms with Crippen molar-refractivity contribution < 1.29 is 0 Å². The van der Waals surface area contributed by atoms with Crippen LogP contribution in [0.5, 0.6) is 0 Å². The van der Waals surface area contributed by atoms with Gasteiger partial charge in [-0.1, -0.05) is 90.8 Å². The second kappa shape index (κ2) is 8.83. The Kier molecular flexibility index (Phi) is 5.64. The van der Waals surface area contributed by atoms with Gasteiger partial charge in [0.1, 0.15) is 0 Å². The zero-order chi connectivity index (χ0) is 24.0. The highest BCUT2D eigenvalue weighted by Crippen LogP contribution is 2.50. The summed E-state index contributed by atoms with van der Waals surface area (Å²) in [4.78, 5) is 19.8. The van der Waals surface area contributed by atoms with Crippen LogP contribution in [0.2, 0.25) is 0 Å². The molecule has 0 aliphatic heterocycles. The lowest BCUT2D eigenvalue weighted by Gasteiger charge is -2.36. The first kappa shape index (κ1) is 22.4. The van der Waals surface area contributed by atoms with E-state index in [9.17, 15) is 4.79 Å². The summed E-state index contributed by atoms with van der Waals surface area (Å²) in [5, 5.41) is 0.768. The number of aryl methyl sites for hydroxylation is 2. The van der Waals surface area contributed by atoms with Crippen LogP contribution in [0.25, 0.3) is 16.9 Å². The number of thioether (sulfide) groups is 1. The van der Waals surface area contributed by atoms with Crippen LogP contribution in [0.3, 0.4) is 0 Å². The Morgan fingerprint density at radius 3 is 2.46 bits per heavy atom. The molecule has 4 heteroatoms. The molecule has 0 bridgehead atoms. The summed E-state index contributed by atoms with van der Waals surface area (Å²) in [5.41, 5.74) is 8.86. The molecule has 1 spiro atoms. The van der Waals surface area contributed by atoms with E-state index in [1.54, 1.807) is 11.8 Å². The lowest BCUT2D eigenvalue weighted by atomic mass is 9.68. The molecule has 1 aromatic heterocycles. The molecule has 0 unspecified atom stereocenters. The highest BCUT2D eigenvalue weighted by Gasteiger charge is 2.44. The van der Waals surface area contributed by atoms with Gasteiger partial charge in [-0.2, -0.15) is 0 Å². The fourth-order valence-electron chi connectivity index (χ4n) is 5.94. The largest absolute Gasteiger partial charge is 0.268 e. The number of hydrogen-bond acceptors (Lipinski definition) is 3. The molecule has 6 rings (SSSR count). The minimum atomic E-state index is -0.0977. The first-order valence-corrected chi connectivity index (χ1v) is 13.5. The van der Waals surface area contributed by atoms with Crippen LogP contribution in [-0.4, -0.2) is 9.55 Å². The van der Waals surface area contributed by atoms with Gasteiger partial charge in [-0.3, -0.25) is 9.36 Å². The smallest absolute Gasteiger partial charge is 0.263 e. The fourth-order valence-corrected chi connectivity index (χ4v) is 6.90. The van der Waals surface area contributed by atoms with Gasteiger partial charge in [-0.15, -0.1) is 0 Å². The second-order valence-electron chi connectivity index (χ2n) is 10.2. The van der Waals surface area contributed by atoms with Gasteiger partial charge in [-0.05, 0) is 61.9 Å². The second-order valence-corrected chi connectivity index (χ2v) is 11.1. The molecule has 0 N–H and O–H groups in total. The Morgan fingerprint density at radius 1 is 0.914 bits per heavy atom. The van der Waals surface area contributed by atoms with E-state index in [1.165, 1.54) is 29.5 Å². The van der Waals surface area contributed by atoms with E-state index in [-0.39, 0.29) is 11.0 Å². The molecule has 1 heterocycles. The molecule has 0 saturated heterocycles. The lowest BCUT2D eigenvalue weighted by Crippen LogP contribution is -2.40. The van der Waals surface area contributed by atoms with Gasteiger partial charge in [0.25, 0.3) is 5.56 Å². The Labute approximate surface area is 211 Å². The van der Waals surface area contributed by atoms with E-state index in [0.29, 0.717) is 0 Å². The number of benzene rings is 3. The lowest BCUT2D eigenvalue weighted by molar-refractivity contribution is 0.422. The third-order valence-corrected chi connectivity index (χ3v) is 8.70. The summed E-state index contributed by atoms with van der Waals surface area (Å²) >= 11 is 1.65. The molecule has 3 nitrogen and oxygen atoms in total. The van der Waals surface area contributed by atoms with E-state index in [4.69, 9.17) is 4.98 Å². The van der Waals surface area contributed by atoms with Crippen molar-refractivity contribution in [2.24, 2.45) is 0 Å². The van der Waals surface area contributed by atoms with Crippen LogP contribution < -0.4 is 5.56 Å². The third kappa shape index (κ3) is 3.94. The Hall–Kier alpha value is -3.11. The molecule has 0 atom stereocenters. The van der Waals surface area contributed by atoms with Crippen molar-refractivity contribution in [1.29, 1.82) is 0 Å². The maximum atomic E-state index is 14.5. The van der Waals surface area contributed by atoms with Crippen molar-refractivity contribution in [2.75, 3.05) is 0 Å². The van der Waals surface area contributed by atoms with Gasteiger partial charge < -0.3 is 0 Å². The average Bonchev–Trinajstić information content (AvgIpc) is 3.32. The van der Waals surface area contributed by atoms with E-state index in [2.05, 4.69) is 74.5 Å². The zero-order valence-electron chi connectivity index (χ0n) is 20.4. The van der Waals surface area contributed by atoms with E-state index >= 15 is 0 Å². The average molecular weight is 479 g/mol. The molecule has 2 aliphatic carbocycles. The maximum Gasteiger partial charge on any atom is 0.263 e. The van der Waals surface area contributed by atoms with Crippen LogP contribution in [-0.2, 0) is 17.6 Å². The Bertz CT molecular complexity index is 1460. The maximum absolute atomic E-state index is 14.5. The SMILES string of the molecule is Cc1ccc(CSc2nc3c(c(=O)n2-c2cccc(C)c2)C2(CCCC2)Cc2ccccc2-3)cc1. The quantitative estimate of drug-likeness (QED) is 0.230. The standard InChI is InChI=1S/C31H30N2OS/c1-21-12-14-23(15-13-21)20-35-30-32-28-26-11-4-3-9-24(26)19-31(16-5-6-17-31)27(28)29(34)33(30)25-10-7-8-22(2)18-25/h3-4,7-15,18H,5-6,16-17,19-20H2,1-2H3. The number of nitrogens with zero attached hydrogens (tertiary/aromatic N) is 2. The van der Waals surface area contributed by atoms with E-state index in [0.717, 1.165) is 58.2 Å². The van der Waals surface area contributed by atoms with Crippen molar-refractivity contribution in [2.45, 2.75) is 62.3 Å². The minimum absolute atomic E-state index is 0.0977. The first-order valence-electron chi connectivity index (χ1n) is 12.6. The highest BCUT2D eigenvalue weighted by atomic mass is 32.2. The Balaban J connectivity index is 1.57. The first-order chi connectivity index (χ1) is 17.0. The number of fused-ring (bicyclic) bond motifs is 4. The van der Waals surface area contributed by atoms with Crippen molar-refractivity contribution >= 4 is 11.8 Å². The molecule has 35 heavy (non-hydrogen) atoms. The molecule has 0 radical (unpaired) electrons. The summed E-state index contributed by atoms with van der Waals surface area (Å²) in [6.07, 6.45) is 5.42. The van der Waals surface area contributed by atoms with Gasteiger partial charge in [0.2, 0.25) is 0 Å². The molecule has 176 valence electrons. The molecule has 3 aromatic carbocycles. The van der Waals surface area contributed by atoms with Crippen LogP contribution in [0.15, 0.2) is 82.7 Å². The van der Waals surface area contributed by atoms with Gasteiger partial charge in [0, 0.05) is 16.7 Å². The van der Waals surface area contributed by atoms with E-state index in [1.807, 2.05) is 16.7 Å². The van der Waals surface area contributed by atoms with Crippen molar-refractivity contribution in [3.8, 4) is 16.9 Å². The van der Waals surface area contributed by atoms with Gasteiger partial charge in [0.15, 0.2) is 5.16 Å². The number of aromatic nitrogens is 2. The van der Waals surface area contributed by atoms with Crippen LogP contribution in [0, 0.1) is 13.8 Å². The predicted molar refractivity (Wildman–Crippen MR) is 145 cm³/mol. The monoisotopic (exact) mass is 478 g/mol. The van der Waals surface area contributed by atoms with E-state index < -0.39 is 0 Å². The van der Waals surface area contributed by atoms with Gasteiger partial charge in [-0.25, -0.2) is 4.98 Å². The molecule has 2 aliphatic rings. The summed E-state index contributed by atoms with van der Waals surface area (Å²) in [5.74, 6) is 0.768. The molecule has 4 aromatic rings. The summed E-state index contributed by atoms with van der Waals surface area (Å²) in [6, 6.07) is 25.4. The van der Waals surface area contributed by atoms with Crippen LogP contribution >= 0.6 is 11.8 Å². The summed E-state index contributed by atoms with van der Waals surface area (Å²) in [6.45, 7) is 4.18. The van der Waals surface area contributed by atoms with Crippen LogP contribution in [0.1, 0.15) is 53.5 Å². The summed E-state index contributed by atoms with van der Waals surface area (Å²) in [7, 11) is 0. The topological polar surface area (TPSA) is 34.9 Å². The highest BCUT2D eigenvalue weighted by molar-refractivity contribution is 7.98. The van der Waals surface area contributed by atoms with Crippen LogP contribution in [0.4, 0.5) is 0 Å². The molecule has 1 fully saturated rings. The number of rotatable bonds is 4.